The Balaban J connectivity index is 2.43. The number of hydrogen-bond acceptors (Lipinski definition) is 3. The fourth-order valence-electron chi connectivity index (χ4n) is 2.69. The molecule has 1 atom stereocenters. The number of carboxylic acid groups (broad SMARTS) is 1. The molecule has 0 aromatic heterocycles. The van der Waals surface area contributed by atoms with Gasteiger partial charge in [0.15, 0.2) is 0 Å². The van der Waals surface area contributed by atoms with Crippen molar-refractivity contribution in [3.8, 4) is 0 Å². The molecule has 0 saturated carbocycles. The third-order valence-electron chi connectivity index (χ3n) is 4.64. The summed E-state index contributed by atoms with van der Waals surface area (Å²) in [5.41, 5.74) is 0.700. The molecule has 0 amide bonds. The summed E-state index contributed by atoms with van der Waals surface area (Å²) in [6, 6.07) is 5.54. The quantitative estimate of drug-likeness (QED) is 0.855. The molecule has 1 aliphatic heterocycles. The van der Waals surface area contributed by atoms with Crippen LogP contribution in [0.5, 0.6) is 0 Å². The van der Waals surface area contributed by atoms with Gasteiger partial charge >= 0.3 is 13.1 Å². The first-order valence-electron chi connectivity index (χ1n) is 7.37. The van der Waals surface area contributed by atoms with Crippen LogP contribution < -0.4 is 0 Å². The minimum Gasteiger partial charge on any atom is -0.481 e. The SMILES string of the molecule is Cc1cccc(Cl)c1C(CC(=O)O)B1OC(C)(C)C(C)(C)O1. The molecule has 22 heavy (non-hydrogen) atoms. The maximum atomic E-state index is 11.3. The number of benzene rings is 1. The van der Waals surface area contributed by atoms with Gasteiger partial charge in [0.05, 0.1) is 17.6 Å². The Kier molecular flexibility index (Phi) is 4.62. The van der Waals surface area contributed by atoms with E-state index in [1.807, 2.05) is 46.8 Å². The zero-order valence-electron chi connectivity index (χ0n) is 13.6. The first kappa shape index (κ1) is 17.3. The first-order chi connectivity index (χ1) is 10.0. The highest BCUT2D eigenvalue weighted by Gasteiger charge is 2.54. The summed E-state index contributed by atoms with van der Waals surface area (Å²) in [4.78, 5) is 11.3. The van der Waals surface area contributed by atoms with Gasteiger partial charge in [-0.3, -0.25) is 4.79 Å². The lowest BCUT2D eigenvalue weighted by molar-refractivity contribution is -0.137. The van der Waals surface area contributed by atoms with Crippen LogP contribution in [0, 0.1) is 6.92 Å². The zero-order chi connectivity index (χ0) is 16.7. The Morgan fingerprint density at radius 2 is 1.82 bits per heavy atom. The fraction of sp³-hybridized carbons (Fsp3) is 0.562. The van der Waals surface area contributed by atoms with Crippen LogP contribution >= 0.6 is 11.6 Å². The van der Waals surface area contributed by atoms with Gasteiger partial charge in [-0.05, 0) is 51.8 Å². The standard InChI is InChI=1S/C16H22BClO4/c1-10-7-6-8-12(18)14(10)11(9-13(19)20)17-21-15(2,3)16(4,5)22-17/h6-8,11H,9H2,1-5H3,(H,19,20). The molecule has 1 aliphatic rings. The highest BCUT2D eigenvalue weighted by molar-refractivity contribution is 6.48. The molecule has 1 aromatic carbocycles. The maximum absolute atomic E-state index is 11.3. The molecule has 1 saturated heterocycles. The van der Waals surface area contributed by atoms with Crippen LogP contribution in [0.2, 0.25) is 5.02 Å². The first-order valence-corrected chi connectivity index (χ1v) is 7.75. The van der Waals surface area contributed by atoms with Gasteiger partial charge in [-0.25, -0.2) is 0 Å². The molecule has 1 N–H and O–H groups in total. The number of carbonyl (C=O) groups is 1. The van der Waals surface area contributed by atoms with Crippen molar-refractivity contribution in [2.45, 2.75) is 58.1 Å². The molecule has 0 radical (unpaired) electrons. The second-order valence-electron chi connectivity index (χ2n) is 6.80. The minimum atomic E-state index is -0.904. The number of rotatable bonds is 4. The molecule has 1 unspecified atom stereocenters. The molecule has 0 bridgehead atoms. The van der Waals surface area contributed by atoms with Gasteiger partial charge < -0.3 is 14.4 Å². The van der Waals surface area contributed by atoms with Crippen LogP contribution in [-0.4, -0.2) is 29.4 Å². The largest absolute Gasteiger partial charge is 0.481 e. The summed E-state index contributed by atoms with van der Waals surface area (Å²) >= 11 is 6.32. The Bertz CT molecular complexity index is 549. The lowest BCUT2D eigenvalue weighted by atomic mass is 9.65. The number of aryl methyl sites for hydroxylation is 1. The number of aliphatic carboxylic acids is 1. The van der Waals surface area contributed by atoms with E-state index in [1.165, 1.54) is 0 Å². The lowest BCUT2D eigenvalue weighted by Gasteiger charge is -2.32. The van der Waals surface area contributed by atoms with Gasteiger partial charge in [-0.2, -0.15) is 0 Å². The average Bonchev–Trinajstić information content (AvgIpc) is 2.56. The van der Waals surface area contributed by atoms with Crippen LogP contribution in [0.15, 0.2) is 18.2 Å². The topological polar surface area (TPSA) is 55.8 Å². The molecule has 1 fully saturated rings. The summed E-state index contributed by atoms with van der Waals surface area (Å²) in [6.45, 7) is 9.71. The summed E-state index contributed by atoms with van der Waals surface area (Å²) in [5, 5.41) is 9.84. The van der Waals surface area contributed by atoms with Crippen molar-refractivity contribution in [3.05, 3.63) is 34.3 Å². The minimum absolute atomic E-state index is 0.0958. The Morgan fingerprint density at radius 1 is 1.27 bits per heavy atom. The number of halogens is 1. The van der Waals surface area contributed by atoms with Crippen molar-refractivity contribution < 1.29 is 19.2 Å². The number of carboxylic acids is 1. The molecule has 0 aliphatic carbocycles. The van der Waals surface area contributed by atoms with E-state index in [0.717, 1.165) is 11.1 Å². The van der Waals surface area contributed by atoms with Crippen molar-refractivity contribution in [2.24, 2.45) is 0 Å². The van der Waals surface area contributed by atoms with E-state index in [9.17, 15) is 9.90 Å². The smallest absolute Gasteiger partial charge is 0.466 e. The third kappa shape index (κ3) is 3.17. The molecule has 1 aromatic rings. The molecular weight excluding hydrogens is 302 g/mol. The van der Waals surface area contributed by atoms with Crippen molar-refractivity contribution in [1.82, 2.24) is 0 Å². The third-order valence-corrected chi connectivity index (χ3v) is 4.97. The molecule has 2 rings (SSSR count). The van der Waals surface area contributed by atoms with E-state index in [0.29, 0.717) is 5.02 Å². The molecule has 4 nitrogen and oxygen atoms in total. The Hall–Kier alpha value is -1.04. The van der Waals surface area contributed by atoms with Crippen molar-refractivity contribution >= 4 is 24.7 Å². The van der Waals surface area contributed by atoms with Gasteiger partial charge in [0.2, 0.25) is 0 Å². The monoisotopic (exact) mass is 324 g/mol. The van der Waals surface area contributed by atoms with E-state index < -0.39 is 30.1 Å². The lowest BCUT2D eigenvalue weighted by Crippen LogP contribution is -2.41. The summed E-state index contributed by atoms with van der Waals surface area (Å²) in [5.74, 6) is -1.36. The van der Waals surface area contributed by atoms with Crippen LogP contribution in [0.25, 0.3) is 0 Å². The van der Waals surface area contributed by atoms with Gasteiger partial charge in [0.25, 0.3) is 0 Å². The maximum Gasteiger partial charge on any atom is 0.466 e. The van der Waals surface area contributed by atoms with E-state index in [-0.39, 0.29) is 6.42 Å². The Morgan fingerprint density at radius 3 is 2.27 bits per heavy atom. The van der Waals surface area contributed by atoms with E-state index in [4.69, 9.17) is 20.9 Å². The van der Waals surface area contributed by atoms with E-state index in [1.54, 1.807) is 6.07 Å². The Labute approximate surface area is 136 Å². The molecule has 1 heterocycles. The summed E-state index contributed by atoms with van der Waals surface area (Å²) < 4.78 is 12.1. The highest BCUT2D eigenvalue weighted by atomic mass is 35.5. The van der Waals surface area contributed by atoms with Crippen molar-refractivity contribution in [3.63, 3.8) is 0 Å². The normalized spacial score (nSPS) is 20.9. The van der Waals surface area contributed by atoms with Gasteiger partial charge in [-0.1, -0.05) is 23.7 Å². The molecule has 6 heteroatoms. The second-order valence-corrected chi connectivity index (χ2v) is 7.21. The van der Waals surface area contributed by atoms with Gasteiger partial charge in [0.1, 0.15) is 0 Å². The summed E-state index contributed by atoms with van der Waals surface area (Å²) in [7, 11) is -0.639. The molecular formula is C16H22BClO4. The second kappa shape index (κ2) is 5.87. The predicted molar refractivity (Wildman–Crippen MR) is 87.3 cm³/mol. The van der Waals surface area contributed by atoms with Gasteiger partial charge in [0, 0.05) is 10.8 Å². The van der Waals surface area contributed by atoms with E-state index in [2.05, 4.69) is 0 Å². The number of hydrogen-bond donors (Lipinski definition) is 1. The van der Waals surface area contributed by atoms with Crippen LogP contribution in [0.1, 0.15) is 51.1 Å². The molecule has 120 valence electrons. The summed E-state index contributed by atoms with van der Waals surface area (Å²) in [6.07, 6.45) is -0.0958. The van der Waals surface area contributed by atoms with Crippen LogP contribution in [-0.2, 0) is 14.1 Å². The zero-order valence-corrected chi connectivity index (χ0v) is 14.4. The van der Waals surface area contributed by atoms with Crippen molar-refractivity contribution in [2.75, 3.05) is 0 Å². The fourth-order valence-corrected chi connectivity index (χ4v) is 3.05. The van der Waals surface area contributed by atoms with E-state index >= 15 is 0 Å². The average molecular weight is 325 g/mol. The highest BCUT2D eigenvalue weighted by Crippen LogP contribution is 2.43. The molecule has 0 spiro atoms. The van der Waals surface area contributed by atoms with Gasteiger partial charge in [-0.15, -0.1) is 0 Å². The predicted octanol–water partition coefficient (Wildman–Crippen LogP) is 3.84. The van der Waals surface area contributed by atoms with Crippen molar-refractivity contribution in [1.29, 1.82) is 0 Å². The van der Waals surface area contributed by atoms with Crippen LogP contribution in [0.4, 0.5) is 0 Å². The van der Waals surface area contributed by atoms with Crippen LogP contribution in [0.3, 0.4) is 0 Å².